The first-order valence-corrected chi connectivity index (χ1v) is 6.42. The van der Waals surface area contributed by atoms with Gasteiger partial charge in [0.1, 0.15) is 6.04 Å². The van der Waals surface area contributed by atoms with E-state index in [1.807, 2.05) is 6.92 Å². The van der Waals surface area contributed by atoms with Crippen molar-refractivity contribution in [3.63, 3.8) is 0 Å². The summed E-state index contributed by atoms with van der Waals surface area (Å²) in [6.07, 6.45) is 4.50. The molecule has 0 aromatic heterocycles. The summed E-state index contributed by atoms with van der Waals surface area (Å²) in [5.41, 5.74) is 0. The van der Waals surface area contributed by atoms with Crippen molar-refractivity contribution in [2.75, 3.05) is 7.11 Å². The van der Waals surface area contributed by atoms with Crippen LogP contribution in [0.3, 0.4) is 0 Å². The summed E-state index contributed by atoms with van der Waals surface area (Å²) >= 11 is 0. The van der Waals surface area contributed by atoms with Crippen molar-refractivity contribution in [1.29, 1.82) is 0 Å². The highest BCUT2D eigenvalue weighted by molar-refractivity contribution is 5.75. The smallest absolute Gasteiger partial charge is 0.322 e. The zero-order chi connectivity index (χ0) is 12.1. The van der Waals surface area contributed by atoms with Crippen LogP contribution in [-0.2, 0) is 9.53 Å². The Balaban J connectivity index is 2.48. The van der Waals surface area contributed by atoms with Gasteiger partial charge < -0.3 is 10.1 Å². The summed E-state index contributed by atoms with van der Waals surface area (Å²) < 4.78 is 4.80. The Labute approximate surface area is 98.9 Å². The molecule has 0 aromatic carbocycles. The fraction of sp³-hybridized carbons (Fsp3) is 0.923. The van der Waals surface area contributed by atoms with Crippen LogP contribution in [0, 0.1) is 11.8 Å². The molecule has 1 N–H and O–H groups in total. The van der Waals surface area contributed by atoms with E-state index in [0.29, 0.717) is 12.0 Å². The number of carbonyl (C=O) groups is 1. The van der Waals surface area contributed by atoms with E-state index in [9.17, 15) is 4.79 Å². The summed E-state index contributed by atoms with van der Waals surface area (Å²) in [6, 6.07) is 0.339. The van der Waals surface area contributed by atoms with Crippen LogP contribution in [0.5, 0.6) is 0 Å². The Morgan fingerprint density at radius 2 is 2.12 bits per heavy atom. The minimum Gasteiger partial charge on any atom is -0.468 e. The quantitative estimate of drug-likeness (QED) is 0.749. The molecule has 1 aliphatic rings. The molecule has 3 nitrogen and oxygen atoms in total. The predicted octanol–water partition coefficient (Wildman–Crippen LogP) is 2.35. The highest BCUT2D eigenvalue weighted by atomic mass is 16.5. The van der Waals surface area contributed by atoms with E-state index in [0.717, 1.165) is 12.3 Å². The summed E-state index contributed by atoms with van der Waals surface area (Å²) in [5.74, 6) is 1.35. The van der Waals surface area contributed by atoms with Gasteiger partial charge in [-0.3, -0.25) is 4.79 Å². The second-order valence-corrected chi connectivity index (χ2v) is 5.15. The molecule has 0 radical (unpaired) electrons. The minimum atomic E-state index is -0.133. The van der Waals surface area contributed by atoms with Crippen LogP contribution in [0.2, 0.25) is 0 Å². The van der Waals surface area contributed by atoms with Gasteiger partial charge in [0.2, 0.25) is 0 Å². The molecular formula is C13H25NO2. The van der Waals surface area contributed by atoms with Crippen LogP contribution in [-0.4, -0.2) is 25.2 Å². The van der Waals surface area contributed by atoms with Crippen molar-refractivity contribution in [2.24, 2.45) is 11.8 Å². The molecule has 0 aromatic rings. The van der Waals surface area contributed by atoms with Gasteiger partial charge in [-0.1, -0.05) is 20.8 Å². The molecule has 3 heteroatoms. The van der Waals surface area contributed by atoms with Crippen LogP contribution in [0.4, 0.5) is 0 Å². The molecule has 0 bridgehead atoms. The maximum Gasteiger partial charge on any atom is 0.322 e. The lowest BCUT2D eigenvalue weighted by atomic mass is 9.79. The van der Waals surface area contributed by atoms with E-state index in [1.54, 1.807) is 0 Å². The molecule has 1 fully saturated rings. The maximum atomic E-state index is 11.5. The van der Waals surface area contributed by atoms with E-state index < -0.39 is 0 Å². The molecule has 0 aliphatic heterocycles. The average molecular weight is 227 g/mol. The molecule has 0 heterocycles. The number of carbonyl (C=O) groups excluding carboxylic acids is 1. The second-order valence-electron chi connectivity index (χ2n) is 5.15. The normalized spacial score (nSPS) is 32.1. The van der Waals surface area contributed by atoms with Gasteiger partial charge in [-0.05, 0) is 37.5 Å². The summed E-state index contributed by atoms with van der Waals surface area (Å²) in [6.45, 7) is 6.60. The Morgan fingerprint density at radius 3 is 2.62 bits per heavy atom. The Bertz CT molecular complexity index is 230. The van der Waals surface area contributed by atoms with Crippen LogP contribution >= 0.6 is 0 Å². The van der Waals surface area contributed by atoms with Gasteiger partial charge in [0.05, 0.1) is 7.11 Å². The first-order chi connectivity index (χ1) is 7.58. The fourth-order valence-corrected chi connectivity index (χ4v) is 2.67. The average Bonchev–Trinajstić information content (AvgIpc) is 2.27. The van der Waals surface area contributed by atoms with Crippen LogP contribution in [0.1, 0.15) is 46.5 Å². The summed E-state index contributed by atoms with van der Waals surface area (Å²) in [5, 5.41) is 3.45. The molecule has 0 amide bonds. The van der Waals surface area contributed by atoms with Crippen molar-refractivity contribution in [1.82, 2.24) is 5.32 Å². The first-order valence-electron chi connectivity index (χ1n) is 6.42. The van der Waals surface area contributed by atoms with Crippen molar-refractivity contribution >= 4 is 5.97 Å². The van der Waals surface area contributed by atoms with Crippen LogP contribution < -0.4 is 5.32 Å². The predicted molar refractivity (Wildman–Crippen MR) is 65.2 cm³/mol. The third-order valence-corrected chi connectivity index (χ3v) is 3.74. The molecule has 4 atom stereocenters. The Hall–Kier alpha value is -0.570. The van der Waals surface area contributed by atoms with E-state index in [4.69, 9.17) is 4.74 Å². The molecule has 0 saturated heterocycles. The van der Waals surface area contributed by atoms with E-state index in [-0.39, 0.29) is 12.0 Å². The van der Waals surface area contributed by atoms with Gasteiger partial charge in [-0.2, -0.15) is 0 Å². The van der Waals surface area contributed by atoms with Gasteiger partial charge >= 0.3 is 5.97 Å². The topological polar surface area (TPSA) is 38.3 Å². The van der Waals surface area contributed by atoms with Crippen molar-refractivity contribution in [2.45, 2.75) is 58.5 Å². The summed E-state index contributed by atoms with van der Waals surface area (Å²) in [7, 11) is 1.46. The SMILES string of the molecule is CCC(NC1CCC(C)CC1C)C(=O)OC. The Kier molecular flexibility index (Phi) is 5.26. The third-order valence-electron chi connectivity index (χ3n) is 3.74. The third kappa shape index (κ3) is 3.48. The zero-order valence-electron chi connectivity index (χ0n) is 11.0. The number of methoxy groups -OCH3 is 1. The minimum absolute atomic E-state index is 0.131. The summed E-state index contributed by atoms with van der Waals surface area (Å²) in [4.78, 5) is 11.5. The fourth-order valence-electron chi connectivity index (χ4n) is 2.67. The highest BCUT2D eigenvalue weighted by Gasteiger charge is 2.28. The number of ether oxygens (including phenoxy) is 1. The van der Waals surface area contributed by atoms with Crippen LogP contribution in [0.25, 0.3) is 0 Å². The number of hydrogen-bond acceptors (Lipinski definition) is 3. The largest absolute Gasteiger partial charge is 0.468 e. The lowest BCUT2D eigenvalue weighted by Crippen LogP contribution is -2.48. The number of nitrogens with one attached hydrogen (secondary N) is 1. The van der Waals surface area contributed by atoms with E-state index >= 15 is 0 Å². The first kappa shape index (κ1) is 13.5. The van der Waals surface area contributed by atoms with Crippen molar-refractivity contribution in [3.8, 4) is 0 Å². The maximum absolute atomic E-state index is 11.5. The van der Waals surface area contributed by atoms with Crippen molar-refractivity contribution in [3.05, 3.63) is 0 Å². The van der Waals surface area contributed by atoms with Crippen molar-refractivity contribution < 1.29 is 9.53 Å². The molecule has 1 saturated carbocycles. The van der Waals surface area contributed by atoms with Gasteiger partial charge in [0.15, 0.2) is 0 Å². The molecule has 1 rings (SSSR count). The molecular weight excluding hydrogens is 202 g/mol. The highest BCUT2D eigenvalue weighted by Crippen LogP contribution is 2.29. The molecule has 0 spiro atoms. The zero-order valence-corrected chi connectivity index (χ0v) is 11.0. The number of rotatable bonds is 4. The number of hydrogen-bond donors (Lipinski definition) is 1. The van der Waals surface area contributed by atoms with Gasteiger partial charge in [-0.25, -0.2) is 0 Å². The van der Waals surface area contributed by atoms with E-state index in [1.165, 1.54) is 26.4 Å². The molecule has 94 valence electrons. The van der Waals surface area contributed by atoms with Crippen LogP contribution in [0.15, 0.2) is 0 Å². The molecule has 4 unspecified atom stereocenters. The lowest BCUT2D eigenvalue weighted by Gasteiger charge is -2.35. The standard InChI is InChI=1S/C13H25NO2/c1-5-11(13(15)16-4)14-12-7-6-9(2)8-10(12)3/h9-12,14H,5-8H2,1-4H3. The van der Waals surface area contributed by atoms with Gasteiger partial charge in [0.25, 0.3) is 0 Å². The Morgan fingerprint density at radius 1 is 1.44 bits per heavy atom. The van der Waals surface area contributed by atoms with Gasteiger partial charge in [-0.15, -0.1) is 0 Å². The van der Waals surface area contributed by atoms with E-state index in [2.05, 4.69) is 19.2 Å². The second kappa shape index (κ2) is 6.24. The monoisotopic (exact) mass is 227 g/mol. The molecule has 1 aliphatic carbocycles. The van der Waals surface area contributed by atoms with Gasteiger partial charge in [0, 0.05) is 6.04 Å². The number of esters is 1. The molecule has 16 heavy (non-hydrogen) atoms. The lowest BCUT2D eigenvalue weighted by molar-refractivity contribution is -0.143.